The summed E-state index contributed by atoms with van der Waals surface area (Å²) in [6.45, 7) is 2.31. The van der Waals surface area contributed by atoms with Crippen molar-refractivity contribution in [3.63, 3.8) is 0 Å². The second-order valence-electron chi connectivity index (χ2n) is 5.62. The van der Waals surface area contributed by atoms with E-state index in [0.717, 1.165) is 11.3 Å². The number of aryl methyl sites for hydroxylation is 1. The van der Waals surface area contributed by atoms with Crippen molar-refractivity contribution in [3.05, 3.63) is 66.2 Å². The largest absolute Gasteiger partial charge is 0.495 e. The topological polar surface area (TPSA) is 93.5 Å². The van der Waals surface area contributed by atoms with E-state index in [1.807, 2.05) is 19.1 Å². The number of aromatic nitrogens is 1. The summed E-state index contributed by atoms with van der Waals surface area (Å²) in [5.41, 5.74) is 1.18. The molecule has 2 N–H and O–H groups in total. The Morgan fingerprint density at radius 1 is 1.19 bits per heavy atom. The first-order valence-electron chi connectivity index (χ1n) is 7.88. The zero-order valence-electron chi connectivity index (χ0n) is 14.4. The average molecular weight is 373 g/mol. The van der Waals surface area contributed by atoms with Crippen molar-refractivity contribution in [3.8, 4) is 5.75 Å². The molecule has 0 unspecified atom stereocenters. The lowest BCUT2D eigenvalue weighted by atomic mass is 10.2. The fourth-order valence-electron chi connectivity index (χ4n) is 2.35. The molecule has 3 aromatic rings. The molecule has 0 aliphatic rings. The number of ether oxygens (including phenoxy) is 1. The number of anilines is 2. The second-order valence-corrected chi connectivity index (χ2v) is 7.28. The predicted octanol–water partition coefficient (Wildman–Crippen LogP) is 3.40. The van der Waals surface area contributed by atoms with E-state index in [2.05, 4.69) is 15.0 Å². The van der Waals surface area contributed by atoms with Gasteiger partial charge >= 0.3 is 0 Å². The summed E-state index contributed by atoms with van der Waals surface area (Å²) in [7, 11) is -2.35. The summed E-state index contributed by atoms with van der Waals surface area (Å²) in [5, 5.41) is 3.09. The highest BCUT2D eigenvalue weighted by molar-refractivity contribution is 7.92. The number of rotatable bonds is 7. The first-order chi connectivity index (χ1) is 12.5. The third-order valence-electron chi connectivity index (χ3n) is 3.65. The molecule has 0 radical (unpaired) electrons. The summed E-state index contributed by atoms with van der Waals surface area (Å²) < 4.78 is 38.2. The Labute approximate surface area is 152 Å². The highest BCUT2D eigenvalue weighted by Gasteiger charge is 2.20. The van der Waals surface area contributed by atoms with E-state index in [9.17, 15) is 8.42 Å². The van der Waals surface area contributed by atoms with E-state index < -0.39 is 10.0 Å². The van der Waals surface area contributed by atoms with Gasteiger partial charge in [-0.05, 0) is 48.9 Å². The van der Waals surface area contributed by atoms with Crippen molar-refractivity contribution in [2.24, 2.45) is 0 Å². The molecular weight excluding hydrogens is 354 g/mol. The smallest absolute Gasteiger partial charge is 0.265 e. The number of benzene rings is 1. The van der Waals surface area contributed by atoms with Crippen LogP contribution in [0.1, 0.15) is 11.3 Å². The minimum Gasteiger partial charge on any atom is -0.495 e. The monoisotopic (exact) mass is 373 g/mol. The van der Waals surface area contributed by atoms with Gasteiger partial charge in [-0.25, -0.2) is 13.4 Å². The number of pyridine rings is 1. The van der Waals surface area contributed by atoms with Crippen LogP contribution in [0.5, 0.6) is 5.75 Å². The molecule has 0 aliphatic heterocycles. The molecule has 0 saturated carbocycles. The molecule has 0 fully saturated rings. The number of nitrogens with one attached hydrogen (secondary N) is 2. The lowest BCUT2D eigenvalue weighted by molar-refractivity contribution is 0.402. The van der Waals surface area contributed by atoms with Crippen molar-refractivity contribution < 1.29 is 17.6 Å². The van der Waals surface area contributed by atoms with Gasteiger partial charge in [0.1, 0.15) is 22.2 Å². The Balaban J connectivity index is 1.73. The summed E-state index contributed by atoms with van der Waals surface area (Å²) in [5.74, 6) is 1.67. The average Bonchev–Trinajstić information content (AvgIpc) is 3.14. The zero-order valence-corrected chi connectivity index (χ0v) is 15.2. The van der Waals surface area contributed by atoms with E-state index in [-0.39, 0.29) is 10.6 Å². The standard InChI is InChI=1S/C18H19N3O4S/c1-13-5-7-16(24-2)17(10-13)26(22,23)21-14-6-8-18(19-11-14)20-12-15-4-3-9-25-15/h3-11,21H,12H2,1-2H3,(H,19,20). The number of hydrogen-bond donors (Lipinski definition) is 2. The summed E-state index contributed by atoms with van der Waals surface area (Å²) in [6.07, 6.45) is 3.05. The predicted molar refractivity (Wildman–Crippen MR) is 98.8 cm³/mol. The van der Waals surface area contributed by atoms with E-state index in [1.165, 1.54) is 13.3 Å². The lowest BCUT2D eigenvalue weighted by Gasteiger charge is -2.12. The molecule has 0 saturated heterocycles. The highest BCUT2D eigenvalue weighted by Crippen LogP contribution is 2.26. The van der Waals surface area contributed by atoms with Crippen LogP contribution >= 0.6 is 0 Å². The van der Waals surface area contributed by atoms with E-state index in [4.69, 9.17) is 9.15 Å². The number of furan rings is 1. The number of nitrogens with zero attached hydrogens (tertiary/aromatic N) is 1. The van der Waals surface area contributed by atoms with Gasteiger partial charge in [-0.2, -0.15) is 0 Å². The summed E-state index contributed by atoms with van der Waals surface area (Å²) in [4.78, 5) is 4.29. The van der Waals surface area contributed by atoms with Crippen LogP contribution in [0.4, 0.5) is 11.5 Å². The van der Waals surface area contributed by atoms with Gasteiger partial charge < -0.3 is 14.5 Å². The molecule has 8 heteroatoms. The molecule has 2 heterocycles. The van der Waals surface area contributed by atoms with Crippen LogP contribution in [0, 0.1) is 6.92 Å². The molecule has 7 nitrogen and oxygen atoms in total. The number of sulfonamides is 1. The fraction of sp³-hybridized carbons (Fsp3) is 0.167. The number of methoxy groups -OCH3 is 1. The molecule has 1 aromatic carbocycles. The van der Waals surface area contributed by atoms with E-state index in [1.54, 1.807) is 36.6 Å². The Bertz CT molecular complexity index is 968. The Morgan fingerprint density at radius 2 is 2.04 bits per heavy atom. The van der Waals surface area contributed by atoms with Crippen LogP contribution in [0.2, 0.25) is 0 Å². The van der Waals surface area contributed by atoms with Gasteiger partial charge in [-0.15, -0.1) is 0 Å². The second kappa shape index (κ2) is 7.49. The molecule has 3 rings (SSSR count). The maximum absolute atomic E-state index is 12.7. The van der Waals surface area contributed by atoms with Gasteiger partial charge in [0.15, 0.2) is 0 Å². The van der Waals surface area contributed by atoms with Gasteiger partial charge in [-0.3, -0.25) is 4.72 Å². The summed E-state index contributed by atoms with van der Waals surface area (Å²) in [6, 6.07) is 12.0. The summed E-state index contributed by atoms with van der Waals surface area (Å²) >= 11 is 0. The van der Waals surface area contributed by atoms with Crippen LogP contribution in [-0.4, -0.2) is 20.5 Å². The van der Waals surface area contributed by atoms with Crippen molar-refractivity contribution in [1.82, 2.24) is 4.98 Å². The molecular formula is C18H19N3O4S. The van der Waals surface area contributed by atoms with E-state index in [0.29, 0.717) is 18.1 Å². The molecule has 0 atom stereocenters. The van der Waals surface area contributed by atoms with Crippen molar-refractivity contribution >= 4 is 21.5 Å². The SMILES string of the molecule is COc1ccc(C)cc1S(=O)(=O)Nc1ccc(NCc2ccco2)nc1. The third-order valence-corrected chi connectivity index (χ3v) is 5.05. The van der Waals surface area contributed by atoms with Gasteiger partial charge in [-0.1, -0.05) is 6.07 Å². The van der Waals surface area contributed by atoms with E-state index >= 15 is 0 Å². The van der Waals surface area contributed by atoms with Gasteiger partial charge in [0, 0.05) is 0 Å². The van der Waals surface area contributed by atoms with Crippen molar-refractivity contribution in [2.75, 3.05) is 17.1 Å². The van der Waals surface area contributed by atoms with Crippen LogP contribution in [0.25, 0.3) is 0 Å². The third kappa shape index (κ3) is 4.15. The molecule has 26 heavy (non-hydrogen) atoms. The van der Waals surface area contributed by atoms with Crippen LogP contribution in [-0.2, 0) is 16.6 Å². The molecule has 2 aromatic heterocycles. The Hall–Kier alpha value is -3.00. The lowest BCUT2D eigenvalue weighted by Crippen LogP contribution is -2.14. The zero-order chi connectivity index (χ0) is 18.6. The van der Waals surface area contributed by atoms with Crippen LogP contribution in [0.15, 0.2) is 64.2 Å². The van der Waals surface area contributed by atoms with Crippen molar-refractivity contribution in [1.29, 1.82) is 0 Å². The van der Waals surface area contributed by atoms with Gasteiger partial charge in [0.25, 0.3) is 10.0 Å². The van der Waals surface area contributed by atoms with Gasteiger partial charge in [0.2, 0.25) is 0 Å². The highest BCUT2D eigenvalue weighted by atomic mass is 32.2. The minimum atomic E-state index is -3.79. The first-order valence-corrected chi connectivity index (χ1v) is 9.36. The minimum absolute atomic E-state index is 0.0834. The maximum atomic E-state index is 12.7. The number of hydrogen-bond acceptors (Lipinski definition) is 6. The molecule has 0 spiro atoms. The Kier molecular flexibility index (Phi) is 5.13. The normalized spacial score (nSPS) is 11.2. The quantitative estimate of drug-likeness (QED) is 0.659. The molecule has 136 valence electrons. The van der Waals surface area contributed by atoms with Gasteiger partial charge in [0.05, 0.1) is 31.8 Å². The van der Waals surface area contributed by atoms with Crippen LogP contribution < -0.4 is 14.8 Å². The maximum Gasteiger partial charge on any atom is 0.265 e. The molecule has 0 bridgehead atoms. The van der Waals surface area contributed by atoms with Crippen molar-refractivity contribution in [2.45, 2.75) is 18.4 Å². The molecule has 0 amide bonds. The van der Waals surface area contributed by atoms with Crippen LogP contribution in [0.3, 0.4) is 0 Å². The first kappa shape index (κ1) is 17.8. The molecule has 0 aliphatic carbocycles. The Morgan fingerprint density at radius 3 is 2.69 bits per heavy atom. The fourth-order valence-corrected chi connectivity index (χ4v) is 3.65.